The van der Waals surface area contributed by atoms with Crippen LogP contribution in [0.5, 0.6) is 0 Å². The molecule has 2 aromatic carbocycles. The van der Waals surface area contributed by atoms with Crippen LogP contribution in [0.4, 0.5) is 21.5 Å². The molecule has 5 heteroatoms. The molecule has 0 radical (unpaired) electrons. The van der Waals surface area contributed by atoms with E-state index in [4.69, 9.17) is 5.73 Å². The number of nitrogens with zero attached hydrogens (tertiary/aromatic N) is 1. The highest BCUT2D eigenvalue weighted by Crippen LogP contribution is 2.28. The fourth-order valence-corrected chi connectivity index (χ4v) is 1.84. The zero-order chi connectivity index (χ0) is 14.0. The van der Waals surface area contributed by atoms with Crippen molar-refractivity contribution in [3.8, 4) is 0 Å². The van der Waals surface area contributed by atoms with Gasteiger partial charge in [0.15, 0.2) is 0 Å². The number of nitrogen functional groups attached to an aromatic ring is 1. The lowest BCUT2D eigenvalue weighted by Gasteiger charge is -2.21. The lowest BCUT2D eigenvalue weighted by molar-refractivity contribution is 0.0697. The van der Waals surface area contributed by atoms with Gasteiger partial charge in [-0.2, -0.15) is 0 Å². The van der Waals surface area contributed by atoms with Gasteiger partial charge in [0.25, 0.3) is 0 Å². The standard InChI is InChI=1S/C14H13FN2O2/c1-17(11-4-2-3-9(15)7-11)13-6-5-10(16)8-12(13)14(18)19/h2-8H,16H2,1H3,(H,18,19). The van der Waals surface area contributed by atoms with Crippen molar-refractivity contribution in [3.63, 3.8) is 0 Å². The zero-order valence-electron chi connectivity index (χ0n) is 10.3. The summed E-state index contributed by atoms with van der Waals surface area (Å²) in [6, 6.07) is 10.5. The van der Waals surface area contributed by atoms with Crippen LogP contribution in [0.2, 0.25) is 0 Å². The third-order valence-corrected chi connectivity index (χ3v) is 2.81. The number of benzene rings is 2. The molecule has 0 spiro atoms. The topological polar surface area (TPSA) is 66.6 Å². The van der Waals surface area contributed by atoms with Gasteiger partial charge in [-0.25, -0.2) is 9.18 Å². The largest absolute Gasteiger partial charge is 0.478 e. The third-order valence-electron chi connectivity index (χ3n) is 2.81. The van der Waals surface area contributed by atoms with Crippen LogP contribution in [0, 0.1) is 5.82 Å². The molecule has 0 unspecified atom stereocenters. The first kappa shape index (κ1) is 12.9. The Hall–Kier alpha value is -2.56. The number of carboxylic acids is 1. The maximum absolute atomic E-state index is 13.2. The number of nitrogens with two attached hydrogens (primary N) is 1. The maximum atomic E-state index is 13.2. The molecule has 4 nitrogen and oxygen atoms in total. The van der Waals surface area contributed by atoms with Gasteiger partial charge in [0.05, 0.1) is 11.3 Å². The summed E-state index contributed by atoms with van der Waals surface area (Å²) in [7, 11) is 1.67. The van der Waals surface area contributed by atoms with Crippen LogP contribution in [0.1, 0.15) is 10.4 Å². The molecule has 98 valence electrons. The number of anilines is 3. The number of rotatable bonds is 3. The molecule has 0 aliphatic rings. The zero-order valence-corrected chi connectivity index (χ0v) is 10.3. The van der Waals surface area contributed by atoms with Gasteiger partial charge in [-0.05, 0) is 36.4 Å². The Bertz CT molecular complexity index is 629. The smallest absolute Gasteiger partial charge is 0.337 e. The van der Waals surface area contributed by atoms with Crippen LogP contribution < -0.4 is 10.6 Å². The summed E-state index contributed by atoms with van der Waals surface area (Å²) in [5.41, 5.74) is 7.04. The molecule has 2 rings (SSSR count). The van der Waals surface area contributed by atoms with E-state index in [0.29, 0.717) is 17.1 Å². The molecular formula is C14H13FN2O2. The van der Waals surface area contributed by atoms with E-state index in [9.17, 15) is 14.3 Å². The maximum Gasteiger partial charge on any atom is 0.337 e. The number of carboxylic acid groups (broad SMARTS) is 1. The lowest BCUT2D eigenvalue weighted by Crippen LogP contribution is -2.14. The molecule has 3 N–H and O–H groups in total. The van der Waals surface area contributed by atoms with Crippen molar-refractivity contribution in [3.05, 3.63) is 53.8 Å². The highest BCUT2D eigenvalue weighted by Gasteiger charge is 2.15. The Labute approximate surface area is 109 Å². The highest BCUT2D eigenvalue weighted by molar-refractivity contribution is 5.96. The fraction of sp³-hybridized carbons (Fsp3) is 0.0714. The molecule has 0 amide bonds. The Kier molecular flexibility index (Phi) is 3.37. The number of aromatic carboxylic acids is 1. The fourth-order valence-electron chi connectivity index (χ4n) is 1.84. The molecule has 19 heavy (non-hydrogen) atoms. The molecule has 0 saturated heterocycles. The summed E-state index contributed by atoms with van der Waals surface area (Å²) in [5.74, 6) is -1.46. The minimum atomic E-state index is -1.08. The van der Waals surface area contributed by atoms with Gasteiger partial charge in [-0.3, -0.25) is 0 Å². The van der Waals surface area contributed by atoms with E-state index in [1.807, 2.05) is 0 Å². The van der Waals surface area contributed by atoms with Crippen molar-refractivity contribution < 1.29 is 14.3 Å². The SMILES string of the molecule is CN(c1cccc(F)c1)c1ccc(N)cc1C(=O)O. The molecule has 0 atom stereocenters. The van der Waals surface area contributed by atoms with E-state index in [1.165, 1.54) is 18.2 Å². The predicted molar refractivity (Wildman–Crippen MR) is 72.3 cm³/mol. The molecule has 2 aromatic rings. The Morgan fingerprint density at radius 1 is 1.26 bits per heavy atom. The molecule has 0 aliphatic heterocycles. The van der Waals surface area contributed by atoms with Gasteiger partial charge < -0.3 is 15.7 Å². The highest BCUT2D eigenvalue weighted by atomic mass is 19.1. The van der Waals surface area contributed by atoms with Gasteiger partial charge >= 0.3 is 5.97 Å². The van der Waals surface area contributed by atoms with Crippen molar-refractivity contribution in [1.29, 1.82) is 0 Å². The first-order valence-electron chi connectivity index (χ1n) is 5.61. The molecule has 0 heterocycles. The molecule has 0 fully saturated rings. The van der Waals surface area contributed by atoms with E-state index >= 15 is 0 Å². The summed E-state index contributed by atoms with van der Waals surface area (Å²) in [6.07, 6.45) is 0. The second-order valence-corrected chi connectivity index (χ2v) is 4.12. The predicted octanol–water partition coefficient (Wildman–Crippen LogP) is 2.87. The van der Waals surface area contributed by atoms with E-state index in [-0.39, 0.29) is 11.4 Å². The third kappa shape index (κ3) is 2.65. The number of hydrogen-bond donors (Lipinski definition) is 2. The first-order chi connectivity index (χ1) is 8.99. The molecule has 0 bridgehead atoms. The minimum Gasteiger partial charge on any atom is -0.478 e. The molecule has 0 aromatic heterocycles. The lowest BCUT2D eigenvalue weighted by atomic mass is 10.1. The molecular weight excluding hydrogens is 247 g/mol. The number of halogens is 1. The second-order valence-electron chi connectivity index (χ2n) is 4.12. The van der Waals surface area contributed by atoms with Crippen LogP contribution in [-0.2, 0) is 0 Å². The van der Waals surface area contributed by atoms with Gasteiger partial charge in [0.2, 0.25) is 0 Å². The van der Waals surface area contributed by atoms with Gasteiger partial charge in [0, 0.05) is 18.4 Å². The van der Waals surface area contributed by atoms with E-state index in [1.54, 1.807) is 36.2 Å². The summed E-state index contributed by atoms with van der Waals surface area (Å²) < 4.78 is 13.2. The van der Waals surface area contributed by atoms with E-state index in [2.05, 4.69) is 0 Å². The van der Waals surface area contributed by atoms with Gasteiger partial charge in [-0.1, -0.05) is 6.07 Å². The Morgan fingerprint density at radius 3 is 2.63 bits per heavy atom. The first-order valence-corrected chi connectivity index (χ1v) is 5.61. The van der Waals surface area contributed by atoms with Crippen molar-refractivity contribution in [2.24, 2.45) is 0 Å². The van der Waals surface area contributed by atoms with Crippen LogP contribution in [-0.4, -0.2) is 18.1 Å². The molecule has 0 aliphatic carbocycles. The van der Waals surface area contributed by atoms with Crippen LogP contribution in [0.15, 0.2) is 42.5 Å². The second kappa shape index (κ2) is 4.97. The van der Waals surface area contributed by atoms with E-state index in [0.717, 1.165) is 0 Å². The average Bonchev–Trinajstić information content (AvgIpc) is 2.37. The average molecular weight is 260 g/mol. The van der Waals surface area contributed by atoms with Gasteiger partial charge in [-0.15, -0.1) is 0 Å². The van der Waals surface area contributed by atoms with Crippen LogP contribution in [0.3, 0.4) is 0 Å². The monoisotopic (exact) mass is 260 g/mol. The summed E-state index contributed by atoms with van der Waals surface area (Å²) in [6.45, 7) is 0. The summed E-state index contributed by atoms with van der Waals surface area (Å²) >= 11 is 0. The van der Waals surface area contributed by atoms with Gasteiger partial charge in [0.1, 0.15) is 5.82 Å². The van der Waals surface area contributed by atoms with Crippen molar-refractivity contribution in [2.75, 3.05) is 17.7 Å². The van der Waals surface area contributed by atoms with Crippen LogP contribution >= 0.6 is 0 Å². The normalized spacial score (nSPS) is 10.2. The number of hydrogen-bond acceptors (Lipinski definition) is 3. The Morgan fingerprint density at radius 2 is 2.00 bits per heavy atom. The Balaban J connectivity index is 2.49. The minimum absolute atomic E-state index is 0.0757. The summed E-state index contributed by atoms with van der Waals surface area (Å²) in [5, 5.41) is 9.18. The van der Waals surface area contributed by atoms with Crippen molar-refractivity contribution in [1.82, 2.24) is 0 Å². The van der Waals surface area contributed by atoms with Crippen molar-refractivity contribution >= 4 is 23.0 Å². The van der Waals surface area contributed by atoms with Crippen molar-refractivity contribution in [2.45, 2.75) is 0 Å². The van der Waals surface area contributed by atoms with Crippen LogP contribution in [0.25, 0.3) is 0 Å². The quantitative estimate of drug-likeness (QED) is 0.833. The number of carbonyl (C=O) groups is 1. The van der Waals surface area contributed by atoms with E-state index < -0.39 is 5.97 Å². The molecule has 0 saturated carbocycles. The summed E-state index contributed by atoms with van der Waals surface area (Å²) in [4.78, 5) is 12.8.